The molecule has 0 fully saturated rings. The Hall–Kier alpha value is -1.20. The number of ketones is 1. The van der Waals surface area contributed by atoms with Crippen molar-refractivity contribution in [3.63, 3.8) is 0 Å². The molecular formula is C15H11Br2FO2. The Labute approximate surface area is 133 Å². The molecule has 2 rings (SSSR count). The molecule has 0 aromatic heterocycles. The van der Waals surface area contributed by atoms with Crippen LogP contribution in [0.2, 0.25) is 0 Å². The third-order valence-electron chi connectivity index (χ3n) is 2.66. The van der Waals surface area contributed by atoms with Gasteiger partial charge in [-0.25, -0.2) is 4.39 Å². The summed E-state index contributed by atoms with van der Waals surface area (Å²) in [5.74, 6) is -0.105. The predicted octanol–water partition coefficient (Wildman–Crippen LogP) is 4.98. The van der Waals surface area contributed by atoms with E-state index in [1.54, 1.807) is 12.1 Å². The van der Waals surface area contributed by atoms with E-state index in [4.69, 9.17) is 4.74 Å². The summed E-state index contributed by atoms with van der Waals surface area (Å²) in [6.45, 7) is 2.32. The third kappa shape index (κ3) is 3.27. The maximum atomic E-state index is 13.1. The van der Waals surface area contributed by atoms with Gasteiger partial charge < -0.3 is 4.74 Å². The van der Waals surface area contributed by atoms with E-state index >= 15 is 0 Å². The van der Waals surface area contributed by atoms with Gasteiger partial charge in [-0.3, -0.25) is 4.79 Å². The van der Waals surface area contributed by atoms with E-state index in [0.717, 1.165) is 4.47 Å². The summed E-state index contributed by atoms with van der Waals surface area (Å²) in [6, 6.07) is 9.23. The molecule has 2 aromatic carbocycles. The van der Waals surface area contributed by atoms with Crippen molar-refractivity contribution >= 4 is 37.6 Å². The quantitative estimate of drug-likeness (QED) is 0.675. The average Bonchev–Trinajstić information content (AvgIpc) is 2.40. The van der Waals surface area contributed by atoms with E-state index in [1.807, 2.05) is 13.0 Å². The summed E-state index contributed by atoms with van der Waals surface area (Å²) in [4.78, 5) is 12.6. The summed E-state index contributed by atoms with van der Waals surface area (Å²) in [5, 5.41) is 0. The van der Waals surface area contributed by atoms with Gasteiger partial charge in [-0.1, -0.05) is 15.9 Å². The van der Waals surface area contributed by atoms with Gasteiger partial charge in [0.2, 0.25) is 0 Å². The molecule has 0 unspecified atom stereocenters. The van der Waals surface area contributed by atoms with Crippen molar-refractivity contribution in [2.45, 2.75) is 6.92 Å². The van der Waals surface area contributed by atoms with Gasteiger partial charge in [0, 0.05) is 14.5 Å². The van der Waals surface area contributed by atoms with Crippen molar-refractivity contribution in [3.05, 3.63) is 62.3 Å². The van der Waals surface area contributed by atoms with Crippen molar-refractivity contribution in [1.82, 2.24) is 0 Å². The maximum Gasteiger partial charge on any atom is 0.197 e. The SMILES string of the molecule is CCOc1ccc(Br)cc1C(=O)c1ccc(F)cc1Br. The molecule has 0 aliphatic rings. The van der Waals surface area contributed by atoms with E-state index in [2.05, 4.69) is 31.9 Å². The molecule has 5 heteroatoms. The van der Waals surface area contributed by atoms with E-state index < -0.39 is 5.82 Å². The first-order valence-electron chi connectivity index (χ1n) is 5.95. The topological polar surface area (TPSA) is 26.3 Å². The summed E-state index contributed by atoms with van der Waals surface area (Å²) in [5.41, 5.74) is 0.832. The fourth-order valence-corrected chi connectivity index (χ4v) is 2.67. The molecule has 0 N–H and O–H groups in total. The molecule has 0 spiro atoms. The Bertz CT molecular complexity index is 656. The van der Waals surface area contributed by atoms with Crippen LogP contribution in [-0.2, 0) is 0 Å². The van der Waals surface area contributed by atoms with Crippen molar-refractivity contribution < 1.29 is 13.9 Å². The number of benzene rings is 2. The van der Waals surface area contributed by atoms with Crippen LogP contribution in [0.25, 0.3) is 0 Å². The Morgan fingerprint density at radius 3 is 2.55 bits per heavy atom. The second kappa shape index (κ2) is 6.50. The first-order chi connectivity index (χ1) is 9.52. The van der Waals surface area contributed by atoms with E-state index in [-0.39, 0.29) is 5.78 Å². The molecule has 0 saturated heterocycles. The van der Waals surface area contributed by atoms with E-state index in [9.17, 15) is 9.18 Å². The zero-order chi connectivity index (χ0) is 14.7. The van der Waals surface area contributed by atoms with Crippen molar-refractivity contribution in [2.24, 2.45) is 0 Å². The fraction of sp³-hybridized carbons (Fsp3) is 0.133. The number of rotatable bonds is 4. The van der Waals surface area contributed by atoms with Crippen LogP contribution in [0.5, 0.6) is 5.75 Å². The van der Waals surface area contributed by atoms with Crippen LogP contribution in [0.3, 0.4) is 0 Å². The van der Waals surface area contributed by atoms with Crippen LogP contribution in [-0.4, -0.2) is 12.4 Å². The lowest BCUT2D eigenvalue weighted by Gasteiger charge is -2.11. The minimum Gasteiger partial charge on any atom is -0.493 e. The molecule has 104 valence electrons. The number of hydrogen-bond acceptors (Lipinski definition) is 2. The van der Waals surface area contributed by atoms with Crippen molar-refractivity contribution in [2.75, 3.05) is 6.61 Å². The normalized spacial score (nSPS) is 10.4. The van der Waals surface area contributed by atoms with Crippen LogP contribution >= 0.6 is 31.9 Å². The standard InChI is InChI=1S/C15H11Br2FO2/c1-2-20-14-6-3-9(16)7-12(14)15(19)11-5-4-10(18)8-13(11)17/h3-8H,2H2,1H3. The van der Waals surface area contributed by atoms with Gasteiger partial charge in [0.05, 0.1) is 12.2 Å². The molecule has 0 heterocycles. The van der Waals surface area contributed by atoms with Gasteiger partial charge >= 0.3 is 0 Å². The summed E-state index contributed by atoms with van der Waals surface area (Å²) >= 11 is 6.55. The molecular weight excluding hydrogens is 391 g/mol. The molecule has 0 aliphatic heterocycles. The number of halogens is 3. The van der Waals surface area contributed by atoms with Gasteiger partial charge in [0.25, 0.3) is 0 Å². The second-order valence-corrected chi connectivity index (χ2v) is 5.80. The highest BCUT2D eigenvalue weighted by atomic mass is 79.9. The van der Waals surface area contributed by atoms with Crippen LogP contribution in [0.1, 0.15) is 22.8 Å². The monoisotopic (exact) mass is 400 g/mol. The third-order valence-corrected chi connectivity index (χ3v) is 3.81. The fourth-order valence-electron chi connectivity index (χ4n) is 1.78. The number of ether oxygens (including phenoxy) is 1. The predicted molar refractivity (Wildman–Crippen MR) is 82.8 cm³/mol. The molecule has 20 heavy (non-hydrogen) atoms. The number of hydrogen-bond donors (Lipinski definition) is 0. The van der Waals surface area contributed by atoms with E-state index in [0.29, 0.717) is 28.0 Å². The van der Waals surface area contributed by atoms with Crippen LogP contribution < -0.4 is 4.74 Å². The second-order valence-electron chi connectivity index (χ2n) is 4.03. The zero-order valence-electron chi connectivity index (χ0n) is 10.6. The minimum absolute atomic E-state index is 0.221. The van der Waals surface area contributed by atoms with E-state index in [1.165, 1.54) is 18.2 Å². The Morgan fingerprint density at radius 2 is 1.90 bits per heavy atom. The Morgan fingerprint density at radius 1 is 1.15 bits per heavy atom. The van der Waals surface area contributed by atoms with Gasteiger partial charge in [0.15, 0.2) is 5.78 Å². The lowest BCUT2D eigenvalue weighted by atomic mass is 10.0. The highest BCUT2D eigenvalue weighted by molar-refractivity contribution is 9.10. The van der Waals surface area contributed by atoms with Crippen LogP contribution in [0, 0.1) is 5.82 Å². The molecule has 0 bridgehead atoms. The van der Waals surface area contributed by atoms with Crippen molar-refractivity contribution in [3.8, 4) is 5.75 Å². The highest BCUT2D eigenvalue weighted by Gasteiger charge is 2.18. The zero-order valence-corrected chi connectivity index (χ0v) is 13.8. The molecule has 2 nitrogen and oxygen atoms in total. The van der Waals surface area contributed by atoms with Crippen LogP contribution in [0.4, 0.5) is 4.39 Å². The van der Waals surface area contributed by atoms with Crippen molar-refractivity contribution in [1.29, 1.82) is 0 Å². The first kappa shape index (κ1) is 15.2. The van der Waals surface area contributed by atoms with Gasteiger partial charge in [0.1, 0.15) is 11.6 Å². The van der Waals surface area contributed by atoms with Gasteiger partial charge in [-0.15, -0.1) is 0 Å². The van der Waals surface area contributed by atoms with Gasteiger partial charge in [-0.05, 0) is 59.3 Å². The number of carbonyl (C=O) groups excluding carboxylic acids is 1. The average molecular weight is 402 g/mol. The number of carbonyl (C=O) groups is 1. The van der Waals surface area contributed by atoms with Gasteiger partial charge in [-0.2, -0.15) is 0 Å². The first-order valence-corrected chi connectivity index (χ1v) is 7.53. The Kier molecular flexibility index (Phi) is 4.94. The molecule has 0 radical (unpaired) electrons. The molecule has 0 saturated carbocycles. The smallest absolute Gasteiger partial charge is 0.197 e. The van der Waals surface area contributed by atoms with Crippen LogP contribution in [0.15, 0.2) is 45.3 Å². The largest absolute Gasteiger partial charge is 0.493 e. The lowest BCUT2D eigenvalue weighted by molar-refractivity contribution is 0.103. The summed E-state index contributed by atoms with van der Waals surface area (Å²) in [6.07, 6.45) is 0. The maximum absolute atomic E-state index is 13.1. The highest BCUT2D eigenvalue weighted by Crippen LogP contribution is 2.28. The minimum atomic E-state index is -0.396. The lowest BCUT2D eigenvalue weighted by Crippen LogP contribution is -2.06. The Balaban J connectivity index is 2.49. The molecule has 0 amide bonds. The molecule has 0 atom stereocenters. The molecule has 0 aliphatic carbocycles. The summed E-state index contributed by atoms with van der Waals surface area (Å²) in [7, 11) is 0. The summed E-state index contributed by atoms with van der Waals surface area (Å²) < 4.78 is 19.8. The molecule has 2 aromatic rings.